The van der Waals surface area contributed by atoms with Gasteiger partial charge in [0.05, 0.1) is 4.91 Å². The average Bonchev–Trinajstić information content (AvgIpc) is 1.99. The molecule has 0 aromatic rings. The van der Waals surface area contributed by atoms with Crippen LogP contribution in [0.25, 0.3) is 0 Å². The Morgan fingerprint density at radius 2 is 1.83 bits per heavy atom. The quantitative estimate of drug-likeness (QED) is 0.640. The molecular formula is C7H8F2O2S. The van der Waals surface area contributed by atoms with Gasteiger partial charge < -0.3 is 0 Å². The van der Waals surface area contributed by atoms with Gasteiger partial charge in [-0.2, -0.15) is 8.78 Å². The third-order valence-electron chi connectivity index (χ3n) is 1.05. The highest BCUT2D eigenvalue weighted by atomic mass is 32.2. The highest BCUT2D eigenvalue weighted by Gasteiger charge is 2.26. The molecule has 0 aliphatic carbocycles. The summed E-state index contributed by atoms with van der Waals surface area (Å²) in [5.74, 6) is -3.42. The average molecular weight is 194 g/mol. The van der Waals surface area contributed by atoms with E-state index in [1.165, 1.54) is 0 Å². The van der Waals surface area contributed by atoms with Crippen LogP contribution in [-0.4, -0.2) is 14.2 Å². The standard InChI is InChI=1S/C7H8F2O2S/c1-3-5-6(4-2)12(10,11)7(8)9/h3-5,7H,1-2H2/b6-5+. The minimum atomic E-state index is -4.51. The van der Waals surface area contributed by atoms with E-state index in [0.717, 1.165) is 18.2 Å². The third kappa shape index (κ3) is 2.27. The zero-order valence-corrected chi connectivity index (χ0v) is 7.02. The molecule has 2 nitrogen and oxygen atoms in total. The van der Waals surface area contributed by atoms with Crippen molar-refractivity contribution in [2.75, 3.05) is 0 Å². The summed E-state index contributed by atoms with van der Waals surface area (Å²) in [6.45, 7) is 6.29. The van der Waals surface area contributed by atoms with E-state index in [1.54, 1.807) is 0 Å². The maximum Gasteiger partial charge on any atom is 0.341 e. The molecule has 0 aliphatic heterocycles. The summed E-state index contributed by atoms with van der Waals surface area (Å²) in [5, 5.41) is 0. The third-order valence-corrected chi connectivity index (χ3v) is 2.48. The van der Waals surface area contributed by atoms with E-state index in [2.05, 4.69) is 13.2 Å². The van der Waals surface area contributed by atoms with Gasteiger partial charge in [0.15, 0.2) is 0 Å². The second-order valence-electron chi connectivity index (χ2n) is 1.81. The van der Waals surface area contributed by atoms with Crippen LogP contribution in [0.1, 0.15) is 0 Å². The van der Waals surface area contributed by atoms with Gasteiger partial charge in [-0.1, -0.05) is 25.3 Å². The highest BCUT2D eigenvalue weighted by molar-refractivity contribution is 7.95. The van der Waals surface area contributed by atoms with Crippen molar-refractivity contribution < 1.29 is 17.2 Å². The lowest BCUT2D eigenvalue weighted by atomic mass is 10.5. The van der Waals surface area contributed by atoms with Crippen molar-refractivity contribution in [3.63, 3.8) is 0 Å². The maximum atomic E-state index is 11.9. The number of hydrogen-bond donors (Lipinski definition) is 0. The summed E-state index contributed by atoms with van der Waals surface area (Å²) >= 11 is 0. The predicted molar refractivity (Wildman–Crippen MR) is 43.4 cm³/mol. The van der Waals surface area contributed by atoms with E-state index in [0.29, 0.717) is 0 Å². The fourth-order valence-corrected chi connectivity index (χ4v) is 1.22. The van der Waals surface area contributed by atoms with Gasteiger partial charge in [0, 0.05) is 0 Å². The Kier molecular flexibility index (Phi) is 3.82. The lowest BCUT2D eigenvalue weighted by molar-refractivity contribution is 0.236. The summed E-state index contributed by atoms with van der Waals surface area (Å²) in [6, 6.07) is 0. The van der Waals surface area contributed by atoms with Crippen LogP contribution >= 0.6 is 0 Å². The first-order chi connectivity index (χ1) is 5.46. The molecule has 0 spiro atoms. The van der Waals surface area contributed by atoms with Gasteiger partial charge in [0.25, 0.3) is 0 Å². The lowest BCUT2D eigenvalue weighted by Gasteiger charge is -2.01. The summed E-state index contributed by atoms with van der Waals surface area (Å²) in [4.78, 5) is -0.521. The van der Waals surface area contributed by atoms with Crippen LogP contribution < -0.4 is 0 Å². The van der Waals surface area contributed by atoms with Crippen LogP contribution in [0.3, 0.4) is 0 Å². The van der Waals surface area contributed by atoms with Gasteiger partial charge in [0.2, 0.25) is 9.84 Å². The van der Waals surface area contributed by atoms with Crippen LogP contribution in [0.5, 0.6) is 0 Å². The summed E-state index contributed by atoms with van der Waals surface area (Å²) in [5.41, 5.74) is 0. The van der Waals surface area contributed by atoms with Crippen molar-refractivity contribution in [1.82, 2.24) is 0 Å². The van der Waals surface area contributed by atoms with Crippen molar-refractivity contribution in [2.24, 2.45) is 0 Å². The molecule has 0 aliphatic rings. The zero-order valence-electron chi connectivity index (χ0n) is 6.20. The fraction of sp³-hybridized carbons (Fsp3) is 0.143. The molecule has 0 fully saturated rings. The minimum absolute atomic E-state index is 0.521. The molecule has 0 aromatic heterocycles. The smallest absolute Gasteiger partial charge is 0.218 e. The number of allylic oxidation sites excluding steroid dienone is 3. The molecule has 0 N–H and O–H groups in total. The van der Waals surface area contributed by atoms with Gasteiger partial charge in [-0.3, -0.25) is 0 Å². The van der Waals surface area contributed by atoms with Crippen LogP contribution in [0.2, 0.25) is 0 Å². The van der Waals surface area contributed by atoms with Crippen LogP contribution in [0, 0.1) is 0 Å². The minimum Gasteiger partial charge on any atom is -0.218 e. The molecule has 0 unspecified atom stereocenters. The van der Waals surface area contributed by atoms with E-state index < -0.39 is 20.5 Å². The largest absolute Gasteiger partial charge is 0.341 e. The number of sulfone groups is 1. The molecule has 0 aromatic carbocycles. The molecule has 0 radical (unpaired) electrons. The van der Waals surface area contributed by atoms with Gasteiger partial charge in [-0.05, 0) is 6.08 Å². The normalized spacial score (nSPS) is 13.1. The highest BCUT2D eigenvalue weighted by Crippen LogP contribution is 2.16. The number of halogens is 2. The Balaban J connectivity index is 5.13. The lowest BCUT2D eigenvalue weighted by Crippen LogP contribution is -2.12. The van der Waals surface area contributed by atoms with Gasteiger partial charge in [-0.25, -0.2) is 8.42 Å². The molecular weight excluding hydrogens is 186 g/mol. The molecule has 0 saturated heterocycles. The Morgan fingerprint density at radius 1 is 1.33 bits per heavy atom. The second-order valence-corrected chi connectivity index (χ2v) is 3.73. The van der Waals surface area contributed by atoms with Crippen molar-refractivity contribution in [3.8, 4) is 0 Å². The van der Waals surface area contributed by atoms with Gasteiger partial charge in [0.1, 0.15) is 0 Å². The molecule has 0 atom stereocenters. The van der Waals surface area contributed by atoms with Crippen molar-refractivity contribution in [3.05, 3.63) is 36.3 Å². The topological polar surface area (TPSA) is 34.1 Å². The molecule has 0 rings (SSSR count). The monoisotopic (exact) mass is 194 g/mol. The van der Waals surface area contributed by atoms with Crippen LogP contribution in [-0.2, 0) is 9.84 Å². The molecule has 68 valence electrons. The van der Waals surface area contributed by atoms with Gasteiger partial charge >= 0.3 is 5.76 Å². The zero-order chi connectivity index (χ0) is 9.78. The second kappa shape index (κ2) is 4.15. The maximum absolute atomic E-state index is 11.9. The predicted octanol–water partition coefficient (Wildman–Crippen LogP) is 1.88. The first-order valence-electron chi connectivity index (χ1n) is 2.94. The van der Waals surface area contributed by atoms with E-state index in [4.69, 9.17) is 0 Å². The Bertz CT molecular complexity index is 301. The molecule has 0 bridgehead atoms. The molecule has 5 heteroatoms. The summed E-state index contributed by atoms with van der Waals surface area (Å²) in [6.07, 6.45) is 2.93. The first kappa shape index (κ1) is 11.0. The first-order valence-corrected chi connectivity index (χ1v) is 4.48. The Labute approximate surface area is 69.8 Å². The van der Waals surface area contributed by atoms with Crippen LogP contribution in [0.15, 0.2) is 36.3 Å². The molecule has 0 heterocycles. The Hall–Kier alpha value is -0.970. The van der Waals surface area contributed by atoms with E-state index in [9.17, 15) is 17.2 Å². The van der Waals surface area contributed by atoms with Crippen molar-refractivity contribution >= 4 is 9.84 Å². The van der Waals surface area contributed by atoms with Crippen LogP contribution in [0.4, 0.5) is 8.78 Å². The summed E-state index contributed by atoms with van der Waals surface area (Å²) < 4.78 is 45.2. The Morgan fingerprint density at radius 3 is 2.08 bits per heavy atom. The molecule has 12 heavy (non-hydrogen) atoms. The number of alkyl halides is 2. The molecule has 0 amide bonds. The van der Waals surface area contributed by atoms with Gasteiger partial charge in [-0.15, -0.1) is 0 Å². The van der Waals surface area contributed by atoms with Crippen molar-refractivity contribution in [1.29, 1.82) is 0 Å². The van der Waals surface area contributed by atoms with E-state index in [-0.39, 0.29) is 0 Å². The number of hydrogen-bond acceptors (Lipinski definition) is 2. The van der Waals surface area contributed by atoms with Crippen molar-refractivity contribution in [2.45, 2.75) is 5.76 Å². The van der Waals surface area contributed by atoms with E-state index >= 15 is 0 Å². The fourth-order valence-electron chi connectivity index (χ4n) is 0.498. The molecule has 0 saturated carbocycles. The summed E-state index contributed by atoms with van der Waals surface area (Å²) in [7, 11) is -4.51. The number of rotatable bonds is 4. The van der Waals surface area contributed by atoms with E-state index in [1.807, 2.05) is 0 Å². The SMILES string of the molecule is C=C/C=C(\C=C)S(=O)(=O)C(F)F.